The Morgan fingerprint density at radius 1 is 1.70 bits per heavy atom. The summed E-state index contributed by atoms with van der Waals surface area (Å²) in [7, 11) is 0. The smallest absolute Gasteiger partial charge is 0.0909 e. The van der Waals surface area contributed by atoms with Crippen LogP contribution in [0.15, 0.2) is 20.1 Å². The van der Waals surface area contributed by atoms with Crippen LogP contribution in [0.25, 0.3) is 0 Å². The molecule has 0 radical (unpaired) electrons. The van der Waals surface area contributed by atoms with Crippen molar-refractivity contribution in [3.8, 4) is 0 Å². The van der Waals surface area contributed by atoms with Crippen LogP contribution < -0.4 is 11.4 Å². The Balaban J connectivity index is 2.42. The Labute approximate surface area is 75.2 Å². The van der Waals surface area contributed by atoms with Crippen molar-refractivity contribution in [1.82, 2.24) is 5.59 Å². The fraction of sp³-hybridized carbons (Fsp3) is 0. The lowest BCUT2D eigenvalue weighted by molar-refractivity contribution is 0.243. The largest absolute Gasteiger partial charge is 0.247 e. The van der Waals surface area contributed by atoms with Gasteiger partial charge < -0.3 is 0 Å². The first-order chi connectivity index (χ1) is 4.83. The van der Waals surface area contributed by atoms with Crippen LogP contribution in [0.2, 0.25) is 0 Å². The summed E-state index contributed by atoms with van der Waals surface area (Å²) < 4.78 is 6.79. The van der Waals surface area contributed by atoms with E-state index in [4.69, 9.17) is 5.84 Å². The highest BCUT2D eigenvalue weighted by Crippen LogP contribution is 2.30. The lowest BCUT2D eigenvalue weighted by Gasteiger charge is -1.92. The van der Waals surface area contributed by atoms with Crippen molar-refractivity contribution in [2.45, 2.75) is 4.21 Å². The maximum Gasteiger partial charge on any atom is 0.0909 e. The molecule has 0 saturated heterocycles. The molecule has 0 bridgehead atoms. The minimum Gasteiger partial charge on any atom is -0.247 e. The van der Waals surface area contributed by atoms with Crippen molar-refractivity contribution in [2.24, 2.45) is 5.84 Å². The third-order valence-electron chi connectivity index (χ3n) is 0.720. The predicted octanol–water partition coefficient (Wildman–Crippen LogP) is 1.91. The highest BCUT2D eigenvalue weighted by Gasteiger charge is 1.97. The van der Waals surface area contributed by atoms with Crippen LogP contribution in [-0.4, -0.2) is 0 Å². The van der Waals surface area contributed by atoms with Crippen molar-refractivity contribution in [2.75, 3.05) is 0 Å². The number of hydrazine groups is 1. The van der Waals surface area contributed by atoms with E-state index in [-0.39, 0.29) is 0 Å². The minimum absolute atomic E-state index is 1.05. The highest BCUT2D eigenvalue weighted by molar-refractivity contribution is 9.11. The standard InChI is InChI=1S/C4H5BrN2OS2/c5-3-1-2-4(9-3)10-8-7-6/h1-2,7H,6H2. The maximum absolute atomic E-state index is 4.88. The number of hydrogen-bond acceptors (Lipinski definition) is 5. The summed E-state index contributed by atoms with van der Waals surface area (Å²) in [5.74, 6) is 4.88. The molecule has 0 saturated carbocycles. The van der Waals surface area contributed by atoms with Crippen LogP contribution in [0.4, 0.5) is 0 Å². The van der Waals surface area contributed by atoms with Crippen LogP contribution in [0.1, 0.15) is 0 Å². The Bertz CT molecular complexity index is 205. The molecule has 0 aliphatic carbocycles. The molecule has 1 aromatic heterocycles. The van der Waals surface area contributed by atoms with Gasteiger partial charge >= 0.3 is 0 Å². The summed E-state index contributed by atoms with van der Waals surface area (Å²) in [4.78, 5) is 0. The molecule has 1 aromatic rings. The van der Waals surface area contributed by atoms with Crippen molar-refractivity contribution in [1.29, 1.82) is 0 Å². The molecule has 0 aliphatic heterocycles. The summed E-state index contributed by atoms with van der Waals surface area (Å²) >= 11 is 6.10. The zero-order valence-corrected chi connectivity index (χ0v) is 8.05. The molecular formula is C4H5BrN2OS2. The van der Waals surface area contributed by atoms with Gasteiger partial charge in [-0.3, -0.25) is 0 Å². The number of rotatable bonds is 3. The lowest BCUT2D eigenvalue weighted by atomic mass is 10.7. The summed E-state index contributed by atoms with van der Waals surface area (Å²) in [5.41, 5.74) is 2.08. The zero-order chi connectivity index (χ0) is 7.40. The average Bonchev–Trinajstić information content (AvgIpc) is 2.31. The number of thiophene rings is 1. The van der Waals surface area contributed by atoms with E-state index in [1.165, 1.54) is 12.0 Å². The van der Waals surface area contributed by atoms with Crippen LogP contribution in [0, 0.1) is 0 Å². The highest BCUT2D eigenvalue weighted by atomic mass is 79.9. The van der Waals surface area contributed by atoms with Gasteiger partial charge in [-0.25, -0.2) is 10.1 Å². The fourth-order valence-corrected chi connectivity index (χ4v) is 2.61. The second-order valence-electron chi connectivity index (χ2n) is 1.34. The van der Waals surface area contributed by atoms with E-state index >= 15 is 0 Å². The Morgan fingerprint density at radius 2 is 2.50 bits per heavy atom. The van der Waals surface area contributed by atoms with E-state index in [2.05, 4.69) is 25.8 Å². The Kier molecular flexibility index (Phi) is 3.68. The van der Waals surface area contributed by atoms with E-state index in [9.17, 15) is 0 Å². The van der Waals surface area contributed by atoms with Gasteiger partial charge in [-0.15, -0.1) is 16.9 Å². The Morgan fingerprint density at radius 3 is 3.00 bits per heavy atom. The van der Waals surface area contributed by atoms with Crippen LogP contribution >= 0.6 is 39.3 Å². The molecule has 3 nitrogen and oxygen atoms in total. The monoisotopic (exact) mass is 240 g/mol. The van der Waals surface area contributed by atoms with E-state index < -0.39 is 0 Å². The molecule has 1 heterocycles. The quantitative estimate of drug-likeness (QED) is 0.482. The molecule has 0 amide bonds. The number of nitrogens with two attached hydrogens (primary N) is 1. The van der Waals surface area contributed by atoms with Gasteiger partial charge in [0.2, 0.25) is 0 Å². The molecule has 0 spiro atoms. The fourth-order valence-electron chi connectivity index (χ4n) is 0.408. The third-order valence-corrected chi connectivity index (χ3v) is 3.07. The second-order valence-corrected chi connectivity index (χ2v) is 4.84. The van der Waals surface area contributed by atoms with E-state index in [1.54, 1.807) is 11.3 Å². The van der Waals surface area contributed by atoms with Gasteiger partial charge in [-0.2, -0.15) is 0 Å². The predicted molar refractivity (Wildman–Crippen MR) is 46.3 cm³/mol. The third kappa shape index (κ3) is 2.57. The first-order valence-electron chi connectivity index (χ1n) is 2.37. The first kappa shape index (κ1) is 8.51. The van der Waals surface area contributed by atoms with E-state index in [1.807, 2.05) is 12.1 Å². The normalized spacial score (nSPS) is 10.2. The van der Waals surface area contributed by atoms with E-state index in [0.717, 1.165) is 8.00 Å². The maximum atomic E-state index is 4.88. The topological polar surface area (TPSA) is 47.3 Å². The minimum atomic E-state index is 1.05. The SMILES string of the molecule is NNOSc1ccc(Br)s1. The van der Waals surface area contributed by atoms with Gasteiger partial charge in [0, 0.05) is 0 Å². The van der Waals surface area contributed by atoms with E-state index in [0.29, 0.717) is 0 Å². The van der Waals surface area contributed by atoms with Gasteiger partial charge in [-0.05, 0) is 28.1 Å². The van der Waals surface area contributed by atoms with Crippen LogP contribution in [0.3, 0.4) is 0 Å². The van der Waals surface area contributed by atoms with Crippen molar-refractivity contribution < 1.29 is 4.28 Å². The lowest BCUT2D eigenvalue weighted by Crippen LogP contribution is -2.17. The summed E-state index contributed by atoms with van der Waals surface area (Å²) in [6, 6.07) is 3.89. The molecule has 0 atom stereocenters. The molecule has 6 heteroatoms. The zero-order valence-electron chi connectivity index (χ0n) is 4.83. The van der Waals surface area contributed by atoms with Crippen LogP contribution in [-0.2, 0) is 4.28 Å². The summed E-state index contributed by atoms with van der Waals surface area (Å²) in [6.45, 7) is 0. The second kappa shape index (κ2) is 4.32. The molecule has 0 unspecified atom stereocenters. The Hall–Kier alpha value is 0.410. The van der Waals surface area contributed by atoms with Gasteiger partial charge in [0.25, 0.3) is 0 Å². The van der Waals surface area contributed by atoms with Crippen molar-refractivity contribution in [3.05, 3.63) is 15.9 Å². The van der Waals surface area contributed by atoms with Crippen molar-refractivity contribution in [3.63, 3.8) is 0 Å². The number of hydrogen-bond donors (Lipinski definition) is 2. The van der Waals surface area contributed by atoms with Gasteiger partial charge in [0.15, 0.2) is 0 Å². The molecular weight excluding hydrogens is 236 g/mol. The molecule has 10 heavy (non-hydrogen) atoms. The van der Waals surface area contributed by atoms with Crippen molar-refractivity contribution >= 4 is 39.3 Å². The molecule has 0 fully saturated rings. The van der Waals surface area contributed by atoms with Gasteiger partial charge in [0.05, 0.1) is 20.0 Å². The summed E-state index contributed by atoms with van der Waals surface area (Å²) in [6.07, 6.45) is 0. The first-order valence-corrected chi connectivity index (χ1v) is 4.72. The number of halogens is 1. The molecule has 0 aliphatic rings. The molecule has 3 N–H and O–H groups in total. The molecule has 0 aromatic carbocycles. The number of nitrogens with one attached hydrogen (secondary N) is 1. The summed E-state index contributed by atoms with van der Waals surface area (Å²) in [5, 5.41) is 0. The average molecular weight is 241 g/mol. The molecule has 1 rings (SSSR count). The molecule has 56 valence electrons. The van der Waals surface area contributed by atoms with Crippen LogP contribution in [0.5, 0.6) is 0 Å². The van der Waals surface area contributed by atoms with Gasteiger partial charge in [-0.1, -0.05) is 0 Å². The van der Waals surface area contributed by atoms with Gasteiger partial charge in [0.1, 0.15) is 0 Å².